The number of aromatic nitrogens is 2. The second-order valence-corrected chi connectivity index (χ2v) is 4.31. The summed E-state index contributed by atoms with van der Waals surface area (Å²) in [6, 6.07) is 8.45. The Morgan fingerprint density at radius 2 is 2.14 bits per heavy atom. The monoisotopic (exact) mass is 284 g/mol. The summed E-state index contributed by atoms with van der Waals surface area (Å²) < 4.78 is 9.96. The van der Waals surface area contributed by atoms with Gasteiger partial charge in [-0.25, -0.2) is 4.98 Å². The molecule has 0 spiro atoms. The highest BCUT2D eigenvalue weighted by Gasteiger charge is 2.09. The van der Waals surface area contributed by atoms with E-state index in [0.717, 1.165) is 5.69 Å². The Balaban J connectivity index is 1.65. The van der Waals surface area contributed by atoms with Crippen LogP contribution in [0.4, 0.5) is 17.3 Å². The minimum Gasteiger partial charge on any atom is -0.459 e. The highest BCUT2D eigenvalue weighted by Crippen LogP contribution is 2.17. The van der Waals surface area contributed by atoms with Gasteiger partial charge in [-0.15, -0.1) is 0 Å². The molecule has 3 aromatic rings. The van der Waals surface area contributed by atoms with Crippen molar-refractivity contribution >= 4 is 23.2 Å². The van der Waals surface area contributed by atoms with E-state index in [1.807, 2.05) is 6.92 Å². The number of carbonyl (C=O) groups excluding carboxylic acids is 1. The van der Waals surface area contributed by atoms with E-state index >= 15 is 0 Å². The Bertz CT molecular complexity index is 732. The van der Waals surface area contributed by atoms with Gasteiger partial charge in [0.05, 0.1) is 18.1 Å². The molecular weight excluding hydrogens is 272 g/mol. The molecule has 0 aliphatic carbocycles. The van der Waals surface area contributed by atoms with Crippen LogP contribution < -0.4 is 10.6 Å². The van der Waals surface area contributed by atoms with Gasteiger partial charge in [0.1, 0.15) is 11.6 Å². The lowest BCUT2D eigenvalue weighted by atomic mass is 10.3. The lowest BCUT2D eigenvalue weighted by molar-refractivity contribution is 0.0996. The zero-order valence-electron chi connectivity index (χ0n) is 11.2. The summed E-state index contributed by atoms with van der Waals surface area (Å²) in [6.07, 6.45) is 3.02. The molecule has 0 aliphatic heterocycles. The van der Waals surface area contributed by atoms with Crippen molar-refractivity contribution in [1.82, 2.24) is 10.1 Å². The SMILES string of the molecule is Cc1cc(Nc2ccc(NC(=O)c3ccco3)nc2)no1. The van der Waals surface area contributed by atoms with Crippen LogP contribution in [0.2, 0.25) is 0 Å². The number of hydrogen-bond donors (Lipinski definition) is 2. The predicted molar refractivity (Wildman–Crippen MR) is 75.4 cm³/mol. The Morgan fingerprint density at radius 3 is 2.76 bits per heavy atom. The van der Waals surface area contributed by atoms with Gasteiger partial charge in [-0.05, 0) is 31.2 Å². The number of anilines is 3. The molecule has 0 atom stereocenters. The summed E-state index contributed by atoms with van der Waals surface area (Å²) in [5, 5.41) is 9.49. The highest BCUT2D eigenvalue weighted by atomic mass is 16.5. The molecule has 0 saturated heterocycles. The second kappa shape index (κ2) is 5.49. The molecule has 0 radical (unpaired) electrons. The molecule has 7 heteroatoms. The first-order valence-electron chi connectivity index (χ1n) is 6.22. The smallest absolute Gasteiger partial charge is 0.292 e. The molecule has 3 aromatic heterocycles. The van der Waals surface area contributed by atoms with Gasteiger partial charge in [-0.3, -0.25) is 4.79 Å². The topological polar surface area (TPSA) is 93.2 Å². The molecule has 0 bridgehead atoms. The van der Waals surface area contributed by atoms with Crippen LogP contribution in [0.25, 0.3) is 0 Å². The number of rotatable bonds is 4. The summed E-state index contributed by atoms with van der Waals surface area (Å²) in [4.78, 5) is 15.9. The zero-order valence-corrected chi connectivity index (χ0v) is 11.2. The minimum atomic E-state index is -0.347. The summed E-state index contributed by atoms with van der Waals surface area (Å²) >= 11 is 0. The van der Waals surface area contributed by atoms with Crippen molar-refractivity contribution < 1.29 is 13.7 Å². The number of aryl methyl sites for hydroxylation is 1. The van der Waals surface area contributed by atoms with Crippen molar-refractivity contribution in [3.05, 3.63) is 54.3 Å². The maximum atomic E-state index is 11.8. The van der Waals surface area contributed by atoms with Crippen LogP contribution in [0.3, 0.4) is 0 Å². The molecule has 21 heavy (non-hydrogen) atoms. The summed E-state index contributed by atoms with van der Waals surface area (Å²) in [5.41, 5.74) is 0.735. The van der Waals surface area contributed by atoms with E-state index in [1.165, 1.54) is 6.26 Å². The third kappa shape index (κ3) is 3.08. The normalized spacial score (nSPS) is 10.3. The lowest BCUT2D eigenvalue weighted by Gasteiger charge is -2.04. The van der Waals surface area contributed by atoms with Crippen LogP contribution in [-0.4, -0.2) is 16.0 Å². The lowest BCUT2D eigenvalue weighted by Crippen LogP contribution is -2.11. The molecule has 2 N–H and O–H groups in total. The van der Waals surface area contributed by atoms with Gasteiger partial charge in [0.25, 0.3) is 5.91 Å². The van der Waals surface area contributed by atoms with Gasteiger partial charge in [0.15, 0.2) is 11.6 Å². The molecule has 0 saturated carbocycles. The number of nitrogens with zero attached hydrogens (tertiary/aromatic N) is 2. The number of carbonyl (C=O) groups is 1. The van der Waals surface area contributed by atoms with Gasteiger partial charge in [0.2, 0.25) is 0 Å². The molecule has 106 valence electrons. The van der Waals surface area contributed by atoms with E-state index in [9.17, 15) is 4.79 Å². The van der Waals surface area contributed by atoms with Gasteiger partial charge < -0.3 is 19.6 Å². The van der Waals surface area contributed by atoms with Gasteiger partial charge in [-0.1, -0.05) is 5.16 Å². The fourth-order valence-electron chi connectivity index (χ4n) is 1.70. The Morgan fingerprint density at radius 1 is 1.24 bits per heavy atom. The third-order valence-electron chi connectivity index (χ3n) is 2.65. The number of nitrogens with one attached hydrogen (secondary N) is 2. The Hall–Kier alpha value is -3.09. The van der Waals surface area contributed by atoms with Gasteiger partial charge >= 0.3 is 0 Å². The molecule has 0 aromatic carbocycles. The van der Waals surface area contributed by atoms with E-state index in [2.05, 4.69) is 20.8 Å². The largest absolute Gasteiger partial charge is 0.459 e. The standard InChI is InChI=1S/C14H12N4O3/c1-9-7-13(18-21-9)16-10-4-5-12(15-8-10)17-14(19)11-3-2-6-20-11/h2-8H,1H3,(H,16,18)(H,15,17,19). The maximum Gasteiger partial charge on any atom is 0.292 e. The number of pyridine rings is 1. The van der Waals surface area contributed by atoms with Crippen LogP contribution in [0, 0.1) is 6.92 Å². The molecular formula is C14H12N4O3. The van der Waals surface area contributed by atoms with Gasteiger partial charge in [-0.2, -0.15) is 0 Å². The molecule has 0 aliphatic rings. The van der Waals surface area contributed by atoms with Crippen molar-refractivity contribution in [1.29, 1.82) is 0 Å². The van der Waals surface area contributed by atoms with Crippen LogP contribution in [-0.2, 0) is 0 Å². The van der Waals surface area contributed by atoms with Crippen molar-refractivity contribution in [2.75, 3.05) is 10.6 Å². The first kappa shape index (κ1) is 12.9. The summed E-state index contributed by atoms with van der Waals surface area (Å²) in [6.45, 7) is 1.81. The Kier molecular flexibility index (Phi) is 3.38. The summed E-state index contributed by atoms with van der Waals surface area (Å²) in [7, 11) is 0. The number of furan rings is 1. The molecule has 1 amide bonds. The molecule has 3 rings (SSSR count). The molecule has 7 nitrogen and oxygen atoms in total. The second-order valence-electron chi connectivity index (χ2n) is 4.31. The van der Waals surface area contributed by atoms with E-state index in [-0.39, 0.29) is 11.7 Å². The van der Waals surface area contributed by atoms with E-state index < -0.39 is 0 Å². The van der Waals surface area contributed by atoms with Crippen molar-refractivity contribution in [2.24, 2.45) is 0 Å². The van der Waals surface area contributed by atoms with E-state index in [0.29, 0.717) is 17.4 Å². The van der Waals surface area contributed by atoms with Crippen LogP contribution >= 0.6 is 0 Å². The zero-order chi connectivity index (χ0) is 14.7. The van der Waals surface area contributed by atoms with Crippen LogP contribution in [0.1, 0.15) is 16.3 Å². The maximum absolute atomic E-state index is 11.8. The fraction of sp³-hybridized carbons (Fsp3) is 0.0714. The highest BCUT2D eigenvalue weighted by molar-refractivity contribution is 6.01. The first-order valence-corrected chi connectivity index (χ1v) is 6.22. The average molecular weight is 284 g/mol. The fourth-order valence-corrected chi connectivity index (χ4v) is 1.70. The predicted octanol–water partition coefficient (Wildman–Crippen LogP) is 2.97. The molecule has 0 unspecified atom stereocenters. The number of amides is 1. The van der Waals surface area contributed by atoms with Crippen molar-refractivity contribution in [2.45, 2.75) is 6.92 Å². The number of hydrogen-bond acceptors (Lipinski definition) is 6. The van der Waals surface area contributed by atoms with Gasteiger partial charge in [0, 0.05) is 6.07 Å². The van der Waals surface area contributed by atoms with E-state index in [1.54, 1.807) is 36.5 Å². The van der Waals surface area contributed by atoms with E-state index in [4.69, 9.17) is 8.94 Å². The average Bonchev–Trinajstić information content (AvgIpc) is 3.13. The minimum absolute atomic E-state index is 0.233. The van der Waals surface area contributed by atoms with Crippen LogP contribution in [0.15, 0.2) is 51.7 Å². The first-order chi connectivity index (χ1) is 10.2. The Labute approximate surface area is 120 Å². The molecule has 0 fully saturated rings. The third-order valence-corrected chi connectivity index (χ3v) is 2.65. The summed E-state index contributed by atoms with van der Waals surface area (Å²) in [5.74, 6) is 1.63. The van der Waals surface area contributed by atoms with Crippen molar-refractivity contribution in [3.8, 4) is 0 Å². The van der Waals surface area contributed by atoms with Crippen molar-refractivity contribution in [3.63, 3.8) is 0 Å². The molecule has 3 heterocycles. The quantitative estimate of drug-likeness (QED) is 0.765. The van der Waals surface area contributed by atoms with Crippen LogP contribution in [0.5, 0.6) is 0 Å².